The lowest BCUT2D eigenvalue weighted by atomic mass is 9.80. The van der Waals surface area contributed by atoms with Crippen LogP contribution < -0.4 is 0 Å². The lowest BCUT2D eigenvalue weighted by Gasteiger charge is -2.38. The second kappa shape index (κ2) is 5.83. The van der Waals surface area contributed by atoms with E-state index < -0.39 is 0 Å². The predicted octanol–water partition coefficient (Wildman–Crippen LogP) is 4.42. The highest BCUT2D eigenvalue weighted by Gasteiger charge is 2.53. The fourth-order valence-electron chi connectivity index (χ4n) is 3.61. The Hall–Kier alpha value is 0.780. The highest BCUT2D eigenvalue weighted by molar-refractivity contribution is 7.51. The van der Waals surface area contributed by atoms with E-state index in [-0.39, 0.29) is 16.3 Å². The van der Waals surface area contributed by atoms with Gasteiger partial charge in [0, 0.05) is 21.7 Å². The number of rotatable bonds is 4. The van der Waals surface area contributed by atoms with Crippen LogP contribution in [0.1, 0.15) is 38.5 Å². The van der Waals surface area contributed by atoms with E-state index >= 15 is 0 Å². The van der Waals surface area contributed by atoms with E-state index in [0.29, 0.717) is 17.6 Å². The summed E-state index contributed by atoms with van der Waals surface area (Å²) in [5.41, 5.74) is 0.374. The Morgan fingerprint density at radius 3 is 1.59 bits per heavy atom. The van der Waals surface area contributed by atoms with Gasteiger partial charge in [-0.3, -0.25) is 0 Å². The molecule has 0 saturated heterocycles. The van der Waals surface area contributed by atoms with E-state index in [0.717, 1.165) is 0 Å². The van der Waals surface area contributed by atoms with E-state index in [1.165, 1.54) is 38.5 Å². The molecule has 2 fully saturated rings. The fourth-order valence-corrected chi connectivity index (χ4v) is 5.26. The third-order valence-corrected chi connectivity index (χ3v) is 5.53. The molecular formula is C13H26O2P2. The molecule has 2 unspecified atom stereocenters. The van der Waals surface area contributed by atoms with Crippen molar-refractivity contribution in [2.24, 2.45) is 5.41 Å². The average molecular weight is 276 g/mol. The van der Waals surface area contributed by atoms with Gasteiger partial charge in [0.15, 0.2) is 0 Å². The van der Waals surface area contributed by atoms with Crippen LogP contribution in [0.4, 0.5) is 0 Å². The predicted molar refractivity (Wildman–Crippen MR) is 77.4 cm³/mol. The van der Waals surface area contributed by atoms with Crippen LogP contribution >= 0.6 is 16.3 Å². The zero-order valence-electron chi connectivity index (χ0n) is 11.6. The molecule has 100 valence electrons. The molecule has 0 aromatic rings. The summed E-state index contributed by atoms with van der Waals surface area (Å²) in [7, 11) is -0.487. The summed E-state index contributed by atoms with van der Waals surface area (Å²) in [5, 5.41) is 0. The molecule has 2 aliphatic rings. The van der Waals surface area contributed by atoms with Gasteiger partial charge in [-0.2, -0.15) is 0 Å². The summed E-state index contributed by atoms with van der Waals surface area (Å²) in [6.45, 7) is 8.88. The molecule has 0 aromatic heterocycles. The smallest absolute Gasteiger partial charge is 0.0698 e. The minimum absolute atomic E-state index is 0.243. The minimum Gasteiger partial charge on any atom is -0.356 e. The average Bonchev–Trinajstić information content (AvgIpc) is 2.76. The van der Waals surface area contributed by atoms with Crippen molar-refractivity contribution < 1.29 is 9.05 Å². The molecule has 2 atom stereocenters. The molecule has 17 heavy (non-hydrogen) atoms. The summed E-state index contributed by atoms with van der Waals surface area (Å²) >= 11 is 0. The zero-order valence-corrected chi connectivity index (χ0v) is 13.4. The van der Waals surface area contributed by atoms with Crippen LogP contribution in [0.15, 0.2) is 0 Å². The molecule has 2 saturated carbocycles. The Labute approximate surface area is 109 Å². The first-order valence-corrected chi connectivity index (χ1v) is 11.0. The monoisotopic (exact) mass is 276 g/mol. The molecule has 2 aliphatic carbocycles. The van der Waals surface area contributed by atoms with Crippen molar-refractivity contribution >= 4 is 16.3 Å². The topological polar surface area (TPSA) is 18.5 Å². The lowest BCUT2D eigenvalue weighted by Crippen LogP contribution is -2.39. The van der Waals surface area contributed by atoms with Gasteiger partial charge < -0.3 is 9.05 Å². The summed E-state index contributed by atoms with van der Waals surface area (Å²) in [5.74, 6) is 0. The maximum Gasteiger partial charge on any atom is 0.0698 e. The van der Waals surface area contributed by atoms with Crippen molar-refractivity contribution in [2.45, 2.75) is 50.7 Å². The Kier molecular flexibility index (Phi) is 4.86. The fraction of sp³-hybridized carbons (Fsp3) is 1.00. The standard InChI is InChI=1S/C13H26O2P2/c1-16(2)14-11-7-5-9-13(11)10-6-8-12(13)15-17(3)4/h11-12H,5-10H2,1-4H3. The molecule has 0 bridgehead atoms. The van der Waals surface area contributed by atoms with Crippen LogP contribution in [0.25, 0.3) is 0 Å². The van der Waals surface area contributed by atoms with Crippen molar-refractivity contribution in [3.05, 3.63) is 0 Å². The third kappa shape index (κ3) is 3.03. The first-order chi connectivity index (χ1) is 8.04. The maximum atomic E-state index is 6.25. The first-order valence-electron chi connectivity index (χ1n) is 6.73. The second-order valence-electron chi connectivity index (χ2n) is 5.83. The van der Waals surface area contributed by atoms with Gasteiger partial charge in [0.25, 0.3) is 0 Å². The molecule has 2 nitrogen and oxygen atoms in total. The Balaban J connectivity index is 2.08. The Morgan fingerprint density at radius 1 is 0.824 bits per heavy atom. The van der Waals surface area contributed by atoms with Crippen LogP contribution in [-0.4, -0.2) is 38.9 Å². The first kappa shape index (κ1) is 14.2. The highest BCUT2D eigenvalue weighted by Crippen LogP contribution is 2.57. The van der Waals surface area contributed by atoms with Gasteiger partial charge >= 0.3 is 0 Å². The molecule has 0 aliphatic heterocycles. The van der Waals surface area contributed by atoms with E-state index in [1.807, 2.05) is 0 Å². The van der Waals surface area contributed by atoms with Gasteiger partial charge in [0.05, 0.1) is 12.2 Å². The molecule has 0 N–H and O–H groups in total. The maximum absolute atomic E-state index is 6.25. The van der Waals surface area contributed by atoms with Crippen LogP contribution in [0, 0.1) is 5.41 Å². The van der Waals surface area contributed by atoms with Gasteiger partial charge in [-0.25, -0.2) is 0 Å². The van der Waals surface area contributed by atoms with Crippen molar-refractivity contribution in [1.29, 1.82) is 0 Å². The number of hydrogen-bond acceptors (Lipinski definition) is 2. The lowest BCUT2D eigenvalue weighted by molar-refractivity contribution is 0.00694. The van der Waals surface area contributed by atoms with E-state index in [2.05, 4.69) is 26.7 Å². The molecule has 0 heterocycles. The SMILES string of the molecule is CP(C)OC1CCCC12CCCC2OP(C)C. The molecule has 2 rings (SSSR count). The molecule has 4 heteroatoms. The zero-order chi connectivity index (χ0) is 12.5. The van der Waals surface area contributed by atoms with E-state index in [1.54, 1.807) is 0 Å². The Morgan fingerprint density at radius 2 is 1.24 bits per heavy atom. The van der Waals surface area contributed by atoms with Gasteiger partial charge in [-0.1, -0.05) is 12.8 Å². The quantitative estimate of drug-likeness (QED) is 0.707. The van der Waals surface area contributed by atoms with Crippen molar-refractivity contribution in [1.82, 2.24) is 0 Å². The van der Waals surface area contributed by atoms with Gasteiger partial charge in [0.2, 0.25) is 0 Å². The molecule has 0 radical (unpaired) electrons. The van der Waals surface area contributed by atoms with Crippen LogP contribution in [0.5, 0.6) is 0 Å². The van der Waals surface area contributed by atoms with Crippen LogP contribution in [-0.2, 0) is 9.05 Å². The highest BCUT2D eigenvalue weighted by atomic mass is 31.1. The van der Waals surface area contributed by atoms with E-state index in [9.17, 15) is 0 Å². The van der Waals surface area contributed by atoms with Gasteiger partial charge in [-0.05, 0) is 52.3 Å². The van der Waals surface area contributed by atoms with Gasteiger partial charge in [0.1, 0.15) is 0 Å². The molecular weight excluding hydrogens is 250 g/mol. The molecule has 0 aromatic carbocycles. The Bertz CT molecular complexity index is 230. The summed E-state index contributed by atoms with van der Waals surface area (Å²) in [6.07, 6.45) is 8.79. The third-order valence-electron chi connectivity index (χ3n) is 4.18. The minimum atomic E-state index is -0.243. The van der Waals surface area contributed by atoms with Crippen molar-refractivity contribution in [2.75, 3.05) is 26.7 Å². The largest absolute Gasteiger partial charge is 0.356 e. The van der Waals surface area contributed by atoms with Crippen LogP contribution in [0.3, 0.4) is 0 Å². The van der Waals surface area contributed by atoms with E-state index in [4.69, 9.17) is 9.05 Å². The second-order valence-corrected chi connectivity index (χ2v) is 9.50. The molecule has 0 amide bonds. The summed E-state index contributed by atoms with van der Waals surface area (Å²) < 4.78 is 12.5. The van der Waals surface area contributed by atoms with Crippen molar-refractivity contribution in [3.63, 3.8) is 0 Å². The number of hydrogen-bond donors (Lipinski definition) is 0. The van der Waals surface area contributed by atoms with Crippen LogP contribution in [0.2, 0.25) is 0 Å². The summed E-state index contributed by atoms with van der Waals surface area (Å²) in [4.78, 5) is 0. The van der Waals surface area contributed by atoms with Crippen molar-refractivity contribution in [3.8, 4) is 0 Å². The summed E-state index contributed by atoms with van der Waals surface area (Å²) in [6, 6.07) is 0. The normalized spacial score (nSPS) is 37.8. The molecule has 1 spiro atoms. The van der Waals surface area contributed by atoms with Gasteiger partial charge in [-0.15, -0.1) is 0 Å².